The predicted octanol–water partition coefficient (Wildman–Crippen LogP) is 0.276. The lowest BCUT2D eigenvalue weighted by atomic mass is 9.79. The van der Waals surface area contributed by atoms with Crippen LogP contribution in [0.2, 0.25) is 0 Å². The first-order valence-electron chi connectivity index (χ1n) is 6.22. The van der Waals surface area contributed by atoms with Crippen molar-refractivity contribution in [1.82, 2.24) is 14.8 Å². The molecular weight excluding hydrogens is 232 g/mol. The minimum absolute atomic E-state index is 0.236. The molecule has 0 radical (unpaired) electrons. The van der Waals surface area contributed by atoms with Crippen LogP contribution >= 0.6 is 0 Å². The average Bonchev–Trinajstić information content (AvgIpc) is 3.10. The molecule has 6 heteroatoms. The number of aromatic nitrogens is 3. The number of ether oxygens (including phenoxy) is 1. The van der Waals surface area contributed by atoms with Crippen molar-refractivity contribution >= 4 is 5.97 Å². The molecule has 0 amide bonds. The van der Waals surface area contributed by atoms with Gasteiger partial charge in [-0.25, -0.2) is 4.98 Å². The van der Waals surface area contributed by atoms with Gasteiger partial charge in [-0.3, -0.25) is 9.48 Å². The molecule has 1 fully saturated rings. The van der Waals surface area contributed by atoms with Gasteiger partial charge in [0, 0.05) is 20.0 Å². The van der Waals surface area contributed by atoms with Crippen molar-refractivity contribution in [3.8, 4) is 0 Å². The molecule has 1 aliphatic rings. The van der Waals surface area contributed by atoms with Crippen molar-refractivity contribution in [2.45, 2.75) is 25.7 Å². The highest BCUT2D eigenvalue weighted by Crippen LogP contribution is 2.42. The van der Waals surface area contributed by atoms with Crippen LogP contribution < -0.4 is 5.73 Å². The van der Waals surface area contributed by atoms with E-state index in [-0.39, 0.29) is 12.5 Å². The van der Waals surface area contributed by atoms with E-state index < -0.39 is 5.41 Å². The van der Waals surface area contributed by atoms with Crippen LogP contribution in [0.4, 0.5) is 0 Å². The molecule has 0 aromatic carbocycles. The quantitative estimate of drug-likeness (QED) is 0.735. The van der Waals surface area contributed by atoms with Gasteiger partial charge in [0.25, 0.3) is 0 Å². The molecule has 0 spiro atoms. The third kappa shape index (κ3) is 2.53. The lowest BCUT2D eigenvalue weighted by molar-refractivity contribution is -0.153. The maximum absolute atomic E-state index is 12.1. The molecule has 2 N–H and O–H groups in total. The number of hydrogen-bond donors (Lipinski definition) is 1. The number of methoxy groups -OCH3 is 1. The molecule has 6 nitrogen and oxygen atoms in total. The molecule has 0 saturated heterocycles. The van der Waals surface area contributed by atoms with Gasteiger partial charge in [-0.05, 0) is 12.3 Å². The summed E-state index contributed by atoms with van der Waals surface area (Å²) in [5.41, 5.74) is 5.21. The Bertz CT molecular complexity index is 427. The summed E-state index contributed by atoms with van der Waals surface area (Å²) in [7, 11) is 3.23. The second-order valence-corrected chi connectivity index (χ2v) is 5.10. The highest BCUT2D eigenvalue weighted by atomic mass is 16.5. The first-order chi connectivity index (χ1) is 8.61. The van der Waals surface area contributed by atoms with Crippen LogP contribution in [-0.4, -0.2) is 34.4 Å². The van der Waals surface area contributed by atoms with Crippen LogP contribution in [0.15, 0.2) is 6.33 Å². The zero-order valence-electron chi connectivity index (χ0n) is 10.9. The fourth-order valence-electron chi connectivity index (χ4n) is 2.34. The Labute approximate surface area is 107 Å². The molecule has 1 heterocycles. The van der Waals surface area contributed by atoms with Crippen LogP contribution in [0.1, 0.15) is 25.1 Å². The first-order valence-corrected chi connectivity index (χ1v) is 6.22. The third-order valence-electron chi connectivity index (χ3n) is 3.69. The topological polar surface area (TPSA) is 83.0 Å². The maximum atomic E-state index is 12.1. The third-order valence-corrected chi connectivity index (χ3v) is 3.69. The summed E-state index contributed by atoms with van der Waals surface area (Å²) >= 11 is 0. The summed E-state index contributed by atoms with van der Waals surface area (Å²) in [6.07, 6.45) is 5.12. The molecular formula is C12H20N4O2. The molecule has 1 unspecified atom stereocenters. The molecule has 1 aromatic heterocycles. The normalized spacial score (nSPS) is 18.4. The van der Waals surface area contributed by atoms with E-state index >= 15 is 0 Å². The highest BCUT2D eigenvalue weighted by Gasteiger charge is 2.44. The Balaban J connectivity index is 2.21. The van der Waals surface area contributed by atoms with Crippen molar-refractivity contribution < 1.29 is 9.53 Å². The molecule has 1 atom stereocenters. The van der Waals surface area contributed by atoms with Crippen molar-refractivity contribution in [2.75, 3.05) is 13.7 Å². The van der Waals surface area contributed by atoms with E-state index in [0.29, 0.717) is 12.3 Å². The Kier molecular flexibility index (Phi) is 3.65. The smallest absolute Gasteiger partial charge is 0.313 e. The van der Waals surface area contributed by atoms with Gasteiger partial charge >= 0.3 is 5.97 Å². The van der Waals surface area contributed by atoms with E-state index in [9.17, 15) is 4.79 Å². The Morgan fingerprint density at radius 2 is 2.39 bits per heavy atom. The fraction of sp³-hybridized carbons (Fsp3) is 0.750. The van der Waals surface area contributed by atoms with E-state index in [2.05, 4.69) is 10.1 Å². The number of esters is 1. The maximum Gasteiger partial charge on any atom is 0.313 e. The van der Waals surface area contributed by atoms with Crippen molar-refractivity contribution in [2.24, 2.45) is 24.1 Å². The summed E-state index contributed by atoms with van der Waals surface area (Å²) < 4.78 is 6.63. The first kappa shape index (κ1) is 13.0. The Morgan fingerprint density at radius 3 is 2.83 bits per heavy atom. The molecule has 1 aliphatic carbocycles. The SMILES string of the molecule is COC(=O)C(CN)(Cc1ncnn1C)CC1CC1. The van der Waals surface area contributed by atoms with E-state index in [0.717, 1.165) is 12.2 Å². The predicted molar refractivity (Wildman–Crippen MR) is 65.6 cm³/mol. The van der Waals surface area contributed by atoms with Gasteiger partial charge in [-0.1, -0.05) is 12.8 Å². The van der Waals surface area contributed by atoms with Gasteiger partial charge in [-0.2, -0.15) is 5.10 Å². The summed E-state index contributed by atoms with van der Waals surface area (Å²) in [5, 5.41) is 4.03. The number of nitrogens with zero attached hydrogens (tertiary/aromatic N) is 3. The molecule has 0 aliphatic heterocycles. The van der Waals surface area contributed by atoms with E-state index in [1.54, 1.807) is 4.68 Å². The largest absolute Gasteiger partial charge is 0.469 e. The molecule has 1 saturated carbocycles. The standard InChI is InChI=1S/C12H20N4O2/c1-16-10(14-8-15-16)6-12(7-13,11(17)18-2)5-9-3-4-9/h8-9H,3-7,13H2,1-2H3. The average molecular weight is 252 g/mol. The molecule has 0 bridgehead atoms. The van der Waals surface area contributed by atoms with Gasteiger partial charge in [0.05, 0.1) is 12.5 Å². The summed E-state index contributed by atoms with van der Waals surface area (Å²) in [5.74, 6) is 1.13. The van der Waals surface area contributed by atoms with Crippen molar-refractivity contribution in [1.29, 1.82) is 0 Å². The zero-order valence-corrected chi connectivity index (χ0v) is 10.9. The zero-order chi connectivity index (χ0) is 13.2. The number of nitrogens with two attached hydrogens (primary N) is 1. The minimum atomic E-state index is -0.656. The number of carbonyl (C=O) groups excluding carboxylic acids is 1. The fourth-order valence-corrected chi connectivity index (χ4v) is 2.34. The molecule has 2 rings (SSSR count). The highest BCUT2D eigenvalue weighted by molar-refractivity contribution is 5.77. The number of rotatable bonds is 6. The summed E-state index contributed by atoms with van der Waals surface area (Å²) in [6, 6.07) is 0. The van der Waals surface area contributed by atoms with Gasteiger partial charge in [0.1, 0.15) is 12.2 Å². The van der Waals surface area contributed by atoms with Gasteiger partial charge < -0.3 is 10.5 Å². The van der Waals surface area contributed by atoms with Gasteiger partial charge in [-0.15, -0.1) is 0 Å². The molecule has 100 valence electrons. The van der Waals surface area contributed by atoms with Crippen LogP contribution in [0.5, 0.6) is 0 Å². The van der Waals surface area contributed by atoms with Gasteiger partial charge in [0.15, 0.2) is 0 Å². The summed E-state index contributed by atoms with van der Waals surface area (Å²) in [6.45, 7) is 0.281. The van der Waals surface area contributed by atoms with Crippen LogP contribution in [0.3, 0.4) is 0 Å². The van der Waals surface area contributed by atoms with E-state index in [4.69, 9.17) is 10.5 Å². The monoisotopic (exact) mass is 252 g/mol. The number of carbonyl (C=O) groups is 1. The Morgan fingerprint density at radius 1 is 1.67 bits per heavy atom. The van der Waals surface area contributed by atoms with E-state index in [1.165, 1.54) is 26.3 Å². The molecule has 18 heavy (non-hydrogen) atoms. The van der Waals surface area contributed by atoms with Crippen molar-refractivity contribution in [3.05, 3.63) is 12.2 Å². The number of hydrogen-bond acceptors (Lipinski definition) is 5. The van der Waals surface area contributed by atoms with Gasteiger partial charge in [0.2, 0.25) is 0 Å². The van der Waals surface area contributed by atoms with E-state index in [1.807, 2.05) is 7.05 Å². The minimum Gasteiger partial charge on any atom is -0.469 e. The number of aryl methyl sites for hydroxylation is 1. The van der Waals surface area contributed by atoms with Crippen LogP contribution in [-0.2, 0) is 23.0 Å². The second-order valence-electron chi connectivity index (χ2n) is 5.10. The van der Waals surface area contributed by atoms with Crippen molar-refractivity contribution in [3.63, 3.8) is 0 Å². The molecule has 1 aromatic rings. The second kappa shape index (κ2) is 5.06. The van der Waals surface area contributed by atoms with Crippen LogP contribution in [0, 0.1) is 11.3 Å². The lowest BCUT2D eigenvalue weighted by Crippen LogP contribution is -2.42. The lowest BCUT2D eigenvalue weighted by Gasteiger charge is -2.29. The Hall–Kier alpha value is -1.43. The summed E-state index contributed by atoms with van der Waals surface area (Å²) in [4.78, 5) is 16.3. The van der Waals surface area contributed by atoms with Crippen LogP contribution in [0.25, 0.3) is 0 Å².